The van der Waals surface area contributed by atoms with E-state index in [2.05, 4.69) is 10.3 Å². The van der Waals surface area contributed by atoms with Crippen molar-refractivity contribution in [1.82, 2.24) is 9.29 Å². The quantitative estimate of drug-likeness (QED) is 0.501. The zero-order chi connectivity index (χ0) is 23.5. The van der Waals surface area contributed by atoms with E-state index in [4.69, 9.17) is 16.3 Å². The summed E-state index contributed by atoms with van der Waals surface area (Å²) in [6, 6.07) is 11.5. The smallest absolute Gasteiger partial charge is 0.257 e. The van der Waals surface area contributed by atoms with Crippen molar-refractivity contribution in [2.75, 3.05) is 25.0 Å². The number of carbonyl (C=O) groups is 1. The van der Waals surface area contributed by atoms with Gasteiger partial charge in [-0.15, -0.1) is 0 Å². The Labute approximate surface area is 193 Å². The molecule has 1 N–H and O–H groups in total. The molecule has 1 amide bonds. The van der Waals surface area contributed by atoms with Crippen molar-refractivity contribution in [2.45, 2.75) is 32.6 Å². The Morgan fingerprint density at radius 2 is 1.81 bits per heavy atom. The molecular formula is C23H26ClN3O4S. The van der Waals surface area contributed by atoms with Gasteiger partial charge >= 0.3 is 0 Å². The van der Waals surface area contributed by atoms with Crippen molar-refractivity contribution in [2.24, 2.45) is 0 Å². The van der Waals surface area contributed by atoms with E-state index in [1.807, 2.05) is 6.92 Å². The van der Waals surface area contributed by atoms with Gasteiger partial charge in [0.1, 0.15) is 5.75 Å². The summed E-state index contributed by atoms with van der Waals surface area (Å²) in [5.74, 6) is -0.0380. The summed E-state index contributed by atoms with van der Waals surface area (Å²) < 4.78 is 32.9. The molecule has 1 aromatic heterocycles. The maximum absolute atomic E-state index is 13.1. The first-order valence-electron chi connectivity index (χ1n) is 10.4. The summed E-state index contributed by atoms with van der Waals surface area (Å²) in [6.45, 7) is 8.16. The highest BCUT2D eigenvalue weighted by Crippen LogP contribution is 2.30. The molecule has 7 nitrogen and oxygen atoms in total. The zero-order valence-corrected chi connectivity index (χ0v) is 20.0. The second-order valence-corrected chi connectivity index (χ2v) is 9.47. The van der Waals surface area contributed by atoms with E-state index >= 15 is 0 Å². The largest absolute Gasteiger partial charge is 0.492 e. The molecule has 0 aliphatic heterocycles. The molecule has 32 heavy (non-hydrogen) atoms. The lowest BCUT2D eigenvalue weighted by molar-refractivity contribution is 0.102. The van der Waals surface area contributed by atoms with Crippen LogP contribution < -0.4 is 10.1 Å². The molecule has 0 bridgehead atoms. The highest BCUT2D eigenvalue weighted by molar-refractivity contribution is 7.89. The standard InChI is InChI=1S/C23H26ClN3O4S/c1-5-27(6-2)32(29,30)18-9-11-22(31-7-3)21(14-18)26-23(28)19-13-16-12-17(24)8-10-20(16)25-15(19)4/h8-14H,5-7H2,1-4H3,(H,26,28). The van der Waals surface area contributed by atoms with E-state index in [9.17, 15) is 13.2 Å². The summed E-state index contributed by atoms with van der Waals surface area (Å²) in [7, 11) is -3.70. The fourth-order valence-corrected chi connectivity index (χ4v) is 5.09. The Bertz CT molecular complexity index is 1260. The van der Waals surface area contributed by atoms with Crippen LogP contribution in [0.3, 0.4) is 0 Å². The fourth-order valence-electron chi connectivity index (χ4n) is 3.42. The van der Waals surface area contributed by atoms with Gasteiger partial charge < -0.3 is 10.1 Å². The predicted molar refractivity (Wildman–Crippen MR) is 127 cm³/mol. The number of amides is 1. The second kappa shape index (κ2) is 9.85. The minimum atomic E-state index is -3.70. The molecule has 3 aromatic rings. The Hall–Kier alpha value is -2.68. The fraction of sp³-hybridized carbons (Fsp3) is 0.304. The van der Waals surface area contributed by atoms with Crippen LogP contribution in [0, 0.1) is 6.92 Å². The number of rotatable bonds is 8. The minimum absolute atomic E-state index is 0.0834. The number of hydrogen-bond acceptors (Lipinski definition) is 5. The number of aryl methyl sites for hydroxylation is 1. The summed E-state index contributed by atoms with van der Waals surface area (Å²) in [4.78, 5) is 17.7. The number of ether oxygens (including phenoxy) is 1. The van der Waals surface area contributed by atoms with Crippen LogP contribution in [0.1, 0.15) is 36.8 Å². The molecule has 1 heterocycles. The van der Waals surface area contributed by atoms with Gasteiger partial charge in [-0.2, -0.15) is 4.31 Å². The van der Waals surface area contributed by atoms with Crippen molar-refractivity contribution in [3.8, 4) is 5.75 Å². The van der Waals surface area contributed by atoms with Crippen molar-refractivity contribution in [3.05, 3.63) is 58.7 Å². The average molecular weight is 476 g/mol. The van der Waals surface area contributed by atoms with Crippen molar-refractivity contribution in [1.29, 1.82) is 0 Å². The molecule has 0 aliphatic rings. The Balaban J connectivity index is 2.02. The monoisotopic (exact) mass is 475 g/mol. The number of anilines is 1. The molecule has 0 unspecified atom stereocenters. The number of sulfonamides is 1. The molecule has 9 heteroatoms. The van der Waals surface area contributed by atoms with Crippen LogP contribution >= 0.6 is 11.6 Å². The third-order valence-electron chi connectivity index (χ3n) is 5.05. The van der Waals surface area contributed by atoms with Crippen LogP contribution in [-0.2, 0) is 10.0 Å². The van der Waals surface area contributed by atoms with Crippen molar-refractivity contribution >= 4 is 44.1 Å². The molecule has 0 radical (unpaired) electrons. The van der Waals surface area contributed by atoms with Gasteiger partial charge in [0, 0.05) is 23.5 Å². The number of aromatic nitrogens is 1. The third kappa shape index (κ3) is 4.87. The molecule has 0 spiro atoms. The van der Waals surface area contributed by atoms with E-state index < -0.39 is 15.9 Å². The average Bonchev–Trinajstić information content (AvgIpc) is 2.75. The lowest BCUT2D eigenvalue weighted by Gasteiger charge is -2.20. The normalized spacial score (nSPS) is 11.7. The predicted octanol–water partition coefficient (Wildman–Crippen LogP) is 4.88. The van der Waals surface area contributed by atoms with Gasteiger partial charge in [-0.25, -0.2) is 8.42 Å². The van der Waals surface area contributed by atoms with Crippen LogP contribution in [0.2, 0.25) is 5.02 Å². The first kappa shape index (κ1) is 24.0. The lowest BCUT2D eigenvalue weighted by atomic mass is 10.1. The molecule has 170 valence electrons. The van der Waals surface area contributed by atoms with Gasteiger partial charge in [-0.3, -0.25) is 9.78 Å². The lowest BCUT2D eigenvalue weighted by Crippen LogP contribution is -2.30. The molecule has 3 rings (SSSR count). The summed E-state index contributed by atoms with van der Waals surface area (Å²) in [5, 5.41) is 4.08. The van der Waals surface area contributed by atoms with Gasteiger partial charge in [-0.05, 0) is 56.3 Å². The van der Waals surface area contributed by atoms with Crippen LogP contribution in [0.4, 0.5) is 5.69 Å². The third-order valence-corrected chi connectivity index (χ3v) is 7.34. The maximum Gasteiger partial charge on any atom is 0.257 e. The molecule has 2 aromatic carbocycles. The maximum atomic E-state index is 13.1. The van der Waals surface area contributed by atoms with E-state index in [0.29, 0.717) is 41.7 Å². The molecule has 0 saturated heterocycles. The van der Waals surface area contributed by atoms with Gasteiger partial charge in [0.05, 0.1) is 34.0 Å². The number of nitrogens with one attached hydrogen (secondary N) is 1. The topological polar surface area (TPSA) is 88.6 Å². The highest BCUT2D eigenvalue weighted by Gasteiger charge is 2.24. The minimum Gasteiger partial charge on any atom is -0.492 e. The molecule has 0 saturated carbocycles. The summed E-state index contributed by atoms with van der Waals surface area (Å²) >= 11 is 6.08. The van der Waals surface area contributed by atoms with Crippen LogP contribution in [0.5, 0.6) is 5.75 Å². The Kier molecular flexibility index (Phi) is 7.38. The van der Waals surface area contributed by atoms with Crippen LogP contribution in [0.15, 0.2) is 47.4 Å². The first-order valence-corrected chi connectivity index (χ1v) is 12.2. The summed E-state index contributed by atoms with van der Waals surface area (Å²) in [5.41, 5.74) is 1.91. The Morgan fingerprint density at radius 3 is 2.47 bits per heavy atom. The number of benzene rings is 2. The van der Waals surface area contributed by atoms with Crippen molar-refractivity contribution < 1.29 is 17.9 Å². The second-order valence-electron chi connectivity index (χ2n) is 7.09. The van der Waals surface area contributed by atoms with E-state index in [1.54, 1.807) is 51.1 Å². The number of halogens is 1. The number of pyridine rings is 1. The van der Waals surface area contributed by atoms with Gasteiger partial charge in [0.25, 0.3) is 5.91 Å². The van der Waals surface area contributed by atoms with E-state index in [0.717, 1.165) is 10.9 Å². The highest BCUT2D eigenvalue weighted by atomic mass is 35.5. The SMILES string of the molecule is CCOc1ccc(S(=O)(=O)N(CC)CC)cc1NC(=O)c1cc2cc(Cl)ccc2nc1C. The van der Waals surface area contributed by atoms with E-state index in [1.165, 1.54) is 16.4 Å². The molecular weight excluding hydrogens is 450 g/mol. The van der Waals surface area contributed by atoms with E-state index in [-0.39, 0.29) is 10.6 Å². The van der Waals surface area contributed by atoms with Gasteiger partial charge in [-0.1, -0.05) is 25.4 Å². The number of nitrogens with zero attached hydrogens (tertiary/aromatic N) is 2. The molecule has 0 fully saturated rings. The number of hydrogen-bond donors (Lipinski definition) is 1. The number of fused-ring (bicyclic) bond motifs is 1. The molecule has 0 aliphatic carbocycles. The van der Waals surface area contributed by atoms with Crippen LogP contribution in [0.25, 0.3) is 10.9 Å². The van der Waals surface area contributed by atoms with Crippen molar-refractivity contribution in [3.63, 3.8) is 0 Å². The Morgan fingerprint density at radius 1 is 1.09 bits per heavy atom. The summed E-state index contributed by atoms with van der Waals surface area (Å²) in [6.07, 6.45) is 0. The zero-order valence-electron chi connectivity index (χ0n) is 18.5. The number of carbonyl (C=O) groups excluding carboxylic acids is 1. The first-order chi connectivity index (χ1) is 15.2. The molecule has 0 atom stereocenters. The van der Waals surface area contributed by atoms with Gasteiger partial charge in [0.15, 0.2) is 0 Å². The van der Waals surface area contributed by atoms with Crippen LogP contribution in [-0.4, -0.2) is 43.3 Å². The van der Waals surface area contributed by atoms with Gasteiger partial charge in [0.2, 0.25) is 10.0 Å².